The molecule has 7 heteroatoms. The molecule has 0 fully saturated rings. The molecule has 2 N–H and O–H groups in total. The standard InChI is InChI=1S/C10H11ClF3NOS/c11-8-3-2-7(15)6-9(8)17(16)5-1-4-10(12,13)14/h2-3,6H,1,4-5,15H2. The summed E-state index contributed by atoms with van der Waals surface area (Å²) in [6, 6.07) is 4.44. The van der Waals surface area contributed by atoms with Crippen LogP contribution in [0.2, 0.25) is 5.02 Å². The number of nitrogen functional groups attached to an aromatic ring is 1. The van der Waals surface area contributed by atoms with Crippen LogP contribution in [-0.2, 0) is 10.8 Å². The Kier molecular flexibility index (Phi) is 4.82. The van der Waals surface area contributed by atoms with E-state index in [0.29, 0.717) is 5.69 Å². The van der Waals surface area contributed by atoms with Gasteiger partial charge < -0.3 is 5.73 Å². The van der Waals surface area contributed by atoms with Crippen LogP contribution in [0.15, 0.2) is 23.1 Å². The van der Waals surface area contributed by atoms with Crippen LogP contribution < -0.4 is 5.73 Å². The zero-order valence-corrected chi connectivity index (χ0v) is 10.3. The lowest BCUT2D eigenvalue weighted by Crippen LogP contribution is -2.09. The smallest absolute Gasteiger partial charge is 0.389 e. The quantitative estimate of drug-likeness (QED) is 0.862. The van der Waals surface area contributed by atoms with Gasteiger partial charge in [0.25, 0.3) is 0 Å². The molecule has 0 saturated heterocycles. The van der Waals surface area contributed by atoms with Crippen LogP contribution in [0, 0.1) is 0 Å². The molecule has 0 bridgehead atoms. The lowest BCUT2D eigenvalue weighted by Gasteiger charge is -2.07. The third kappa shape index (κ3) is 4.95. The molecule has 0 saturated carbocycles. The first-order chi connectivity index (χ1) is 7.79. The molecule has 0 amide bonds. The van der Waals surface area contributed by atoms with Gasteiger partial charge in [-0.15, -0.1) is 0 Å². The number of benzene rings is 1. The fourth-order valence-corrected chi connectivity index (χ4v) is 2.76. The maximum absolute atomic E-state index is 11.9. The number of halogens is 4. The van der Waals surface area contributed by atoms with Crippen molar-refractivity contribution in [1.82, 2.24) is 0 Å². The Hall–Kier alpha value is -0.750. The van der Waals surface area contributed by atoms with Gasteiger partial charge in [-0.25, -0.2) is 0 Å². The van der Waals surface area contributed by atoms with Crippen molar-refractivity contribution in [2.24, 2.45) is 0 Å². The average molecular weight is 286 g/mol. The van der Waals surface area contributed by atoms with E-state index < -0.39 is 23.4 Å². The molecule has 1 unspecified atom stereocenters. The predicted octanol–water partition coefficient (Wildman–Crippen LogP) is 3.37. The summed E-state index contributed by atoms with van der Waals surface area (Å²) >= 11 is 5.79. The van der Waals surface area contributed by atoms with E-state index in [1.54, 1.807) is 6.07 Å². The van der Waals surface area contributed by atoms with Crippen LogP contribution in [0.25, 0.3) is 0 Å². The van der Waals surface area contributed by atoms with Gasteiger partial charge in [0.05, 0.1) is 20.7 Å². The Balaban J connectivity index is 2.61. The van der Waals surface area contributed by atoms with Crippen molar-refractivity contribution in [3.8, 4) is 0 Å². The molecule has 0 aliphatic heterocycles. The Bertz CT molecular complexity index is 423. The number of anilines is 1. The van der Waals surface area contributed by atoms with Crippen molar-refractivity contribution in [2.45, 2.75) is 23.9 Å². The van der Waals surface area contributed by atoms with Crippen LogP contribution >= 0.6 is 11.6 Å². The fraction of sp³-hybridized carbons (Fsp3) is 0.400. The molecule has 1 atom stereocenters. The third-order valence-corrected chi connectivity index (χ3v) is 3.92. The second-order valence-electron chi connectivity index (χ2n) is 3.46. The van der Waals surface area contributed by atoms with Gasteiger partial charge in [0, 0.05) is 17.9 Å². The van der Waals surface area contributed by atoms with E-state index in [1.807, 2.05) is 0 Å². The van der Waals surface area contributed by atoms with Crippen LogP contribution in [-0.4, -0.2) is 16.1 Å². The summed E-state index contributed by atoms with van der Waals surface area (Å²) in [4.78, 5) is 0.286. The summed E-state index contributed by atoms with van der Waals surface area (Å²) in [6.45, 7) is 0. The summed E-state index contributed by atoms with van der Waals surface area (Å²) in [5.41, 5.74) is 5.87. The molecule has 1 rings (SSSR count). The maximum atomic E-state index is 11.9. The number of nitrogens with two attached hydrogens (primary N) is 1. The molecule has 0 aliphatic rings. The summed E-state index contributed by atoms with van der Waals surface area (Å²) < 4.78 is 47.4. The molecule has 0 spiro atoms. The van der Waals surface area contributed by atoms with E-state index in [2.05, 4.69) is 0 Å². The number of hydrogen-bond donors (Lipinski definition) is 1. The van der Waals surface area contributed by atoms with Gasteiger partial charge in [0.15, 0.2) is 0 Å². The highest BCUT2D eigenvalue weighted by Crippen LogP contribution is 2.25. The molecule has 96 valence electrons. The molecule has 0 aromatic heterocycles. The highest BCUT2D eigenvalue weighted by Gasteiger charge is 2.26. The zero-order chi connectivity index (χ0) is 13.1. The van der Waals surface area contributed by atoms with Gasteiger partial charge in [0.1, 0.15) is 0 Å². The van der Waals surface area contributed by atoms with E-state index in [0.717, 1.165) is 0 Å². The van der Waals surface area contributed by atoms with E-state index in [9.17, 15) is 17.4 Å². The number of alkyl halides is 3. The van der Waals surface area contributed by atoms with Crippen molar-refractivity contribution in [3.63, 3.8) is 0 Å². The van der Waals surface area contributed by atoms with Crippen LogP contribution in [0.5, 0.6) is 0 Å². The Labute approximate surface area is 104 Å². The second-order valence-corrected chi connectivity index (χ2v) is 5.40. The Morgan fingerprint density at radius 2 is 2.00 bits per heavy atom. The van der Waals surface area contributed by atoms with E-state index in [-0.39, 0.29) is 22.1 Å². The lowest BCUT2D eigenvalue weighted by molar-refractivity contribution is -0.134. The maximum Gasteiger partial charge on any atom is 0.389 e. The molecular formula is C10H11ClF3NOS. The highest BCUT2D eigenvalue weighted by atomic mass is 35.5. The largest absolute Gasteiger partial charge is 0.399 e. The van der Waals surface area contributed by atoms with Crippen molar-refractivity contribution >= 4 is 28.1 Å². The van der Waals surface area contributed by atoms with Gasteiger partial charge in [0.2, 0.25) is 0 Å². The minimum Gasteiger partial charge on any atom is -0.399 e. The van der Waals surface area contributed by atoms with Crippen LogP contribution in [0.3, 0.4) is 0 Å². The molecule has 17 heavy (non-hydrogen) atoms. The predicted molar refractivity (Wildman–Crippen MR) is 62.4 cm³/mol. The van der Waals surface area contributed by atoms with Gasteiger partial charge in [-0.3, -0.25) is 4.21 Å². The zero-order valence-electron chi connectivity index (χ0n) is 8.76. The van der Waals surface area contributed by atoms with Crippen molar-refractivity contribution in [2.75, 3.05) is 11.5 Å². The van der Waals surface area contributed by atoms with E-state index in [1.165, 1.54) is 12.1 Å². The molecule has 2 nitrogen and oxygen atoms in total. The first-order valence-corrected chi connectivity index (χ1v) is 6.49. The van der Waals surface area contributed by atoms with E-state index in [4.69, 9.17) is 17.3 Å². The average Bonchev–Trinajstić information content (AvgIpc) is 2.19. The summed E-state index contributed by atoms with van der Waals surface area (Å²) in [5.74, 6) is -0.0807. The molecule has 1 aromatic carbocycles. The topological polar surface area (TPSA) is 43.1 Å². The normalized spacial score (nSPS) is 13.6. The molecule has 0 aliphatic carbocycles. The summed E-state index contributed by atoms with van der Waals surface area (Å²) in [7, 11) is -1.55. The Morgan fingerprint density at radius 1 is 1.35 bits per heavy atom. The van der Waals surface area contributed by atoms with E-state index >= 15 is 0 Å². The van der Waals surface area contributed by atoms with Gasteiger partial charge in [-0.1, -0.05) is 11.6 Å². The SMILES string of the molecule is Nc1ccc(Cl)c(S(=O)CCCC(F)(F)F)c1. The molecule has 1 aromatic rings. The van der Waals surface area contributed by atoms with Gasteiger partial charge in [-0.2, -0.15) is 13.2 Å². The van der Waals surface area contributed by atoms with Gasteiger partial charge >= 0.3 is 6.18 Å². The van der Waals surface area contributed by atoms with Crippen LogP contribution in [0.1, 0.15) is 12.8 Å². The molecule has 0 heterocycles. The number of rotatable bonds is 4. The van der Waals surface area contributed by atoms with Crippen molar-refractivity contribution in [1.29, 1.82) is 0 Å². The van der Waals surface area contributed by atoms with Crippen LogP contribution in [0.4, 0.5) is 18.9 Å². The third-order valence-electron chi connectivity index (χ3n) is 1.99. The lowest BCUT2D eigenvalue weighted by atomic mass is 10.3. The monoisotopic (exact) mass is 285 g/mol. The van der Waals surface area contributed by atoms with Gasteiger partial charge in [-0.05, 0) is 24.6 Å². The second kappa shape index (κ2) is 5.73. The fourth-order valence-electron chi connectivity index (χ4n) is 1.21. The Morgan fingerprint density at radius 3 is 2.59 bits per heavy atom. The first kappa shape index (κ1) is 14.3. The summed E-state index contributed by atoms with van der Waals surface area (Å²) in [6.07, 6.45) is -5.36. The molecule has 0 radical (unpaired) electrons. The summed E-state index contributed by atoms with van der Waals surface area (Å²) in [5, 5.41) is 0.254. The molecular weight excluding hydrogens is 275 g/mol. The number of hydrogen-bond acceptors (Lipinski definition) is 2. The first-order valence-electron chi connectivity index (χ1n) is 4.80. The minimum atomic E-state index is -4.22. The van der Waals surface area contributed by atoms with Crippen molar-refractivity contribution in [3.05, 3.63) is 23.2 Å². The highest BCUT2D eigenvalue weighted by molar-refractivity contribution is 7.85. The van der Waals surface area contributed by atoms with Crippen molar-refractivity contribution < 1.29 is 17.4 Å². The minimum absolute atomic E-state index is 0.0807.